The van der Waals surface area contributed by atoms with Crippen molar-refractivity contribution in [1.82, 2.24) is 9.99 Å². The summed E-state index contributed by atoms with van der Waals surface area (Å²) in [6.07, 6.45) is 1.66. The van der Waals surface area contributed by atoms with Crippen LogP contribution in [-0.2, 0) is 0 Å². The predicted molar refractivity (Wildman–Crippen MR) is 116 cm³/mol. The Morgan fingerprint density at radius 1 is 1.04 bits per heavy atom. The molecule has 0 radical (unpaired) electrons. The Hall–Kier alpha value is -3.54. The molecular weight excluding hydrogens is 350 g/mol. The summed E-state index contributed by atoms with van der Waals surface area (Å²) in [6, 6.07) is 19.3. The summed E-state index contributed by atoms with van der Waals surface area (Å²) in [4.78, 5) is 14.0. The lowest BCUT2D eigenvalue weighted by Gasteiger charge is -2.14. The van der Waals surface area contributed by atoms with Crippen LogP contribution in [0.2, 0.25) is 0 Å². The van der Waals surface area contributed by atoms with Gasteiger partial charge in [-0.15, -0.1) is 0 Å². The molecule has 6 nitrogen and oxygen atoms in total. The van der Waals surface area contributed by atoms with Gasteiger partial charge in [0.2, 0.25) is 0 Å². The molecule has 2 N–H and O–H groups in total. The zero-order valence-electron chi connectivity index (χ0n) is 16.6. The molecule has 2 amide bonds. The summed E-state index contributed by atoms with van der Waals surface area (Å²) in [5, 5.41) is 6.80. The number of hydrogen-bond donors (Lipinski definition) is 2. The molecule has 144 valence electrons. The molecule has 0 aliphatic carbocycles. The molecular formula is C22H25N5O. The van der Waals surface area contributed by atoms with Crippen molar-refractivity contribution < 1.29 is 4.79 Å². The molecule has 0 bridgehead atoms. The molecule has 3 rings (SSSR count). The van der Waals surface area contributed by atoms with Gasteiger partial charge >= 0.3 is 6.03 Å². The topological polar surface area (TPSA) is 61.7 Å². The third kappa shape index (κ3) is 4.40. The number of carbonyl (C=O) groups excluding carboxylic acids is 1. The molecule has 28 heavy (non-hydrogen) atoms. The van der Waals surface area contributed by atoms with E-state index in [4.69, 9.17) is 0 Å². The van der Waals surface area contributed by atoms with Gasteiger partial charge in [0.15, 0.2) is 0 Å². The maximum atomic E-state index is 11.9. The van der Waals surface area contributed by atoms with Crippen molar-refractivity contribution in [3.05, 3.63) is 77.6 Å². The fraction of sp³-hybridized carbons (Fsp3) is 0.182. The van der Waals surface area contributed by atoms with Crippen LogP contribution in [0.5, 0.6) is 0 Å². The molecule has 1 aromatic heterocycles. The highest BCUT2D eigenvalue weighted by Gasteiger charge is 2.10. The van der Waals surface area contributed by atoms with Crippen LogP contribution in [-0.4, -0.2) is 30.9 Å². The molecule has 0 saturated carbocycles. The Morgan fingerprint density at radius 2 is 1.71 bits per heavy atom. The maximum absolute atomic E-state index is 11.9. The highest BCUT2D eigenvalue weighted by molar-refractivity contribution is 5.90. The number of anilines is 2. The van der Waals surface area contributed by atoms with E-state index in [9.17, 15) is 4.79 Å². The van der Waals surface area contributed by atoms with Crippen molar-refractivity contribution in [2.75, 3.05) is 24.3 Å². The van der Waals surface area contributed by atoms with Gasteiger partial charge < -0.3 is 14.8 Å². The SMILES string of the molecule is Cc1cc(/C=N/NC(=O)Nc2ccccc2)c(C)n1-c1ccc(N(C)C)cc1. The fourth-order valence-corrected chi connectivity index (χ4v) is 3.06. The van der Waals surface area contributed by atoms with E-state index in [1.165, 1.54) is 0 Å². The summed E-state index contributed by atoms with van der Waals surface area (Å²) in [6.45, 7) is 4.10. The third-order valence-corrected chi connectivity index (χ3v) is 4.50. The van der Waals surface area contributed by atoms with Gasteiger partial charge in [0.05, 0.1) is 6.21 Å². The number of amides is 2. The van der Waals surface area contributed by atoms with Gasteiger partial charge in [-0.2, -0.15) is 5.10 Å². The molecule has 0 aliphatic heterocycles. The van der Waals surface area contributed by atoms with E-state index in [1.807, 2.05) is 51.4 Å². The maximum Gasteiger partial charge on any atom is 0.339 e. The average Bonchev–Trinajstić information content (AvgIpc) is 2.96. The Bertz CT molecular complexity index is 972. The predicted octanol–water partition coefficient (Wildman–Crippen LogP) is 4.32. The van der Waals surface area contributed by atoms with Crippen molar-refractivity contribution in [2.24, 2.45) is 5.10 Å². The Morgan fingerprint density at radius 3 is 2.36 bits per heavy atom. The summed E-state index contributed by atoms with van der Waals surface area (Å²) in [5.74, 6) is 0. The van der Waals surface area contributed by atoms with Gasteiger partial charge in [-0.1, -0.05) is 18.2 Å². The second-order valence-corrected chi connectivity index (χ2v) is 6.76. The summed E-state index contributed by atoms with van der Waals surface area (Å²) in [7, 11) is 4.05. The standard InChI is InChI=1S/C22H25N5O/c1-16-14-18(15-23-25-22(28)24-19-8-6-5-7-9-19)17(2)27(16)21-12-10-20(11-13-21)26(3)4/h5-15H,1-4H3,(H2,24,25,28)/b23-15+. The first-order valence-corrected chi connectivity index (χ1v) is 9.07. The van der Waals surface area contributed by atoms with E-state index >= 15 is 0 Å². The van der Waals surface area contributed by atoms with Crippen molar-refractivity contribution >= 4 is 23.6 Å². The Kier molecular flexibility index (Phi) is 5.79. The Balaban J connectivity index is 1.71. The molecule has 0 atom stereocenters. The van der Waals surface area contributed by atoms with Crippen LogP contribution >= 0.6 is 0 Å². The van der Waals surface area contributed by atoms with E-state index in [0.717, 1.165) is 34.0 Å². The first-order chi connectivity index (χ1) is 13.5. The second-order valence-electron chi connectivity index (χ2n) is 6.76. The van der Waals surface area contributed by atoms with E-state index in [0.29, 0.717) is 0 Å². The van der Waals surface area contributed by atoms with Crippen LogP contribution in [0, 0.1) is 13.8 Å². The van der Waals surface area contributed by atoms with Crippen LogP contribution in [0.25, 0.3) is 5.69 Å². The number of aryl methyl sites for hydroxylation is 1. The zero-order valence-corrected chi connectivity index (χ0v) is 16.6. The van der Waals surface area contributed by atoms with E-state index in [1.54, 1.807) is 6.21 Å². The first kappa shape index (κ1) is 19.2. The number of nitrogens with zero attached hydrogens (tertiary/aromatic N) is 3. The lowest BCUT2D eigenvalue weighted by atomic mass is 10.2. The number of hydrogen-bond acceptors (Lipinski definition) is 3. The lowest BCUT2D eigenvalue weighted by Crippen LogP contribution is -2.24. The van der Waals surface area contributed by atoms with Crippen LogP contribution in [0.3, 0.4) is 0 Å². The Labute approximate surface area is 165 Å². The molecule has 1 heterocycles. The average molecular weight is 375 g/mol. The highest BCUT2D eigenvalue weighted by Crippen LogP contribution is 2.22. The molecule has 0 fully saturated rings. The van der Waals surface area contributed by atoms with E-state index in [-0.39, 0.29) is 6.03 Å². The minimum Gasteiger partial charge on any atom is -0.378 e. The zero-order chi connectivity index (χ0) is 20.1. The molecule has 0 unspecified atom stereocenters. The van der Waals surface area contributed by atoms with Gasteiger partial charge in [-0.05, 0) is 56.3 Å². The number of carbonyl (C=O) groups is 1. The number of rotatable bonds is 5. The van der Waals surface area contributed by atoms with Gasteiger partial charge in [-0.3, -0.25) is 0 Å². The van der Waals surface area contributed by atoms with Gasteiger partial charge in [0.25, 0.3) is 0 Å². The number of hydrazone groups is 1. The van der Waals surface area contributed by atoms with Crippen molar-refractivity contribution in [1.29, 1.82) is 0 Å². The second kappa shape index (κ2) is 8.43. The van der Waals surface area contributed by atoms with Crippen molar-refractivity contribution in [3.8, 4) is 5.69 Å². The summed E-state index contributed by atoms with van der Waals surface area (Å²) >= 11 is 0. The molecule has 0 spiro atoms. The van der Waals surface area contributed by atoms with Gasteiger partial charge in [0.1, 0.15) is 0 Å². The molecule has 3 aromatic rings. The minimum atomic E-state index is -0.379. The first-order valence-electron chi connectivity index (χ1n) is 9.07. The van der Waals surface area contributed by atoms with Gasteiger partial charge in [-0.25, -0.2) is 10.2 Å². The number of para-hydroxylation sites is 1. The van der Waals surface area contributed by atoms with Crippen molar-refractivity contribution in [2.45, 2.75) is 13.8 Å². The van der Waals surface area contributed by atoms with Crippen LogP contribution in [0.1, 0.15) is 17.0 Å². The van der Waals surface area contributed by atoms with Crippen LogP contribution in [0.4, 0.5) is 16.2 Å². The van der Waals surface area contributed by atoms with Gasteiger partial charge in [0, 0.05) is 48.1 Å². The monoisotopic (exact) mass is 375 g/mol. The number of aromatic nitrogens is 1. The smallest absolute Gasteiger partial charge is 0.339 e. The summed E-state index contributed by atoms with van der Waals surface area (Å²) < 4.78 is 2.17. The quantitative estimate of drug-likeness (QED) is 0.515. The lowest BCUT2D eigenvalue weighted by molar-refractivity contribution is 0.252. The van der Waals surface area contributed by atoms with E-state index < -0.39 is 0 Å². The van der Waals surface area contributed by atoms with Crippen molar-refractivity contribution in [3.63, 3.8) is 0 Å². The number of urea groups is 1. The molecule has 6 heteroatoms. The third-order valence-electron chi connectivity index (χ3n) is 4.50. The summed E-state index contributed by atoms with van der Waals surface area (Å²) in [5.41, 5.74) is 8.58. The number of benzene rings is 2. The highest BCUT2D eigenvalue weighted by atomic mass is 16.2. The van der Waals surface area contributed by atoms with E-state index in [2.05, 4.69) is 62.6 Å². The normalized spacial score (nSPS) is 10.9. The van der Waals surface area contributed by atoms with Crippen LogP contribution < -0.4 is 15.6 Å². The largest absolute Gasteiger partial charge is 0.378 e. The molecule has 0 aliphatic rings. The van der Waals surface area contributed by atoms with Crippen LogP contribution in [0.15, 0.2) is 65.8 Å². The molecule has 2 aromatic carbocycles. The number of nitrogens with one attached hydrogen (secondary N) is 2. The molecule has 0 saturated heterocycles. The fourth-order valence-electron chi connectivity index (χ4n) is 3.06. The minimum absolute atomic E-state index is 0.379.